The number of aliphatic hydroxyl groups is 2. The van der Waals surface area contributed by atoms with Gasteiger partial charge in [-0.15, -0.1) is 0 Å². The molecule has 2 rings (SSSR count). The molecule has 0 spiro atoms. The van der Waals surface area contributed by atoms with Crippen LogP contribution in [-0.2, 0) is 9.53 Å². The van der Waals surface area contributed by atoms with Crippen molar-refractivity contribution in [3.05, 3.63) is 66.5 Å². The molecule has 0 aromatic heterocycles. The predicted molar refractivity (Wildman–Crippen MR) is 103 cm³/mol. The Bertz CT molecular complexity index is 770. The molecule has 0 saturated carbocycles. The average molecular weight is 386 g/mol. The van der Waals surface area contributed by atoms with Crippen LogP contribution in [0, 0.1) is 17.7 Å². The molecule has 0 bridgehead atoms. The van der Waals surface area contributed by atoms with E-state index in [9.17, 15) is 19.4 Å². The monoisotopic (exact) mass is 386 g/mol. The van der Waals surface area contributed by atoms with Crippen LogP contribution in [0.5, 0.6) is 5.75 Å². The van der Waals surface area contributed by atoms with Gasteiger partial charge in [-0.25, -0.2) is 4.39 Å². The van der Waals surface area contributed by atoms with Gasteiger partial charge in [-0.3, -0.25) is 4.79 Å². The van der Waals surface area contributed by atoms with E-state index in [1.165, 1.54) is 36.4 Å². The van der Waals surface area contributed by atoms with E-state index >= 15 is 0 Å². The Kier molecular flexibility index (Phi) is 8.99. The summed E-state index contributed by atoms with van der Waals surface area (Å²) in [5, 5.41) is 19.7. The van der Waals surface area contributed by atoms with Gasteiger partial charge >= 0.3 is 5.97 Å². The van der Waals surface area contributed by atoms with E-state index < -0.39 is 18.3 Å². The molecule has 2 N–H and O–H groups in total. The highest BCUT2D eigenvalue weighted by atomic mass is 19.1. The summed E-state index contributed by atoms with van der Waals surface area (Å²) in [7, 11) is 0. The zero-order valence-electron chi connectivity index (χ0n) is 15.3. The number of hydrogen-bond donors (Lipinski definition) is 2. The molecule has 1 aromatic rings. The van der Waals surface area contributed by atoms with Crippen LogP contribution >= 0.6 is 0 Å². The molecule has 0 aliphatic carbocycles. The van der Waals surface area contributed by atoms with Crippen LogP contribution in [0.3, 0.4) is 0 Å². The highest BCUT2D eigenvalue weighted by Crippen LogP contribution is 2.17. The van der Waals surface area contributed by atoms with Crippen molar-refractivity contribution in [2.24, 2.45) is 0 Å². The van der Waals surface area contributed by atoms with Crippen molar-refractivity contribution in [1.82, 2.24) is 0 Å². The maximum absolute atomic E-state index is 12.8. The van der Waals surface area contributed by atoms with E-state index in [2.05, 4.69) is 11.8 Å². The molecule has 1 aliphatic heterocycles. The maximum atomic E-state index is 12.8. The van der Waals surface area contributed by atoms with Crippen LogP contribution in [0.15, 0.2) is 60.7 Å². The Morgan fingerprint density at radius 3 is 2.68 bits per heavy atom. The second-order valence-corrected chi connectivity index (χ2v) is 6.14. The number of hydrogen-bond acceptors (Lipinski definition) is 5. The molecule has 0 unspecified atom stereocenters. The van der Waals surface area contributed by atoms with Crippen LogP contribution in [0.4, 0.5) is 4.39 Å². The number of ether oxygens (including phenoxy) is 2. The summed E-state index contributed by atoms with van der Waals surface area (Å²) >= 11 is 0. The van der Waals surface area contributed by atoms with Crippen molar-refractivity contribution < 1.29 is 28.9 Å². The fourth-order valence-electron chi connectivity index (χ4n) is 2.40. The van der Waals surface area contributed by atoms with Gasteiger partial charge in [0, 0.05) is 6.42 Å². The van der Waals surface area contributed by atoms with Gasteiger partial charge in [0.15, 0.2) is 0 Å². The summed E-state index contributed by atoms with van der Waals surface area (Å²) < 4.78 is 23.2. The standard InChI is InChI=1S/C22H23FO5/c23-17-12-14-19(15-13-17)27-16-18(24)8-5-3-1-2-4-6-9-20(25)21-10-7-11-22(26)28-21/h2,4-6,8-9,12-15,18,20-21,24-25H,7,10-11,16H2/b4-2+,8-5+,9-6+/t18-,20+,21-/m0/s1. The summed E-state index contributed by atoms with van der Waals surface area (Å²) in [5.74, 6) is 5.33. The number of rotatable bonds is 7. The van der Waals surface area contributed by atoms with Gasteiger partial charge in [0.25, 0.3) is 0 Å². The number of carbonyl (C=O) groups is 1. The number of carbonyl (C=O) groups excluding carboxylic acids is 1. The third kappa shape index (κ3) is 8.21. The van der Waals surface area contributed by atoms with Crippen LogP contribution in [0.2, 0.25) is 0 Å². The van der Waals surface area contributed by atoms with Gasteiger partial charge in [0.1, 0.15) is 36.5 Å². The number of esters is 1. The first-order chi connectivity index (χ1) is 13.5. The zero-order valence-corrected chi connectivity index (χ0v) is 15.3. The lowest BCUT2D eigenvalue weighted by atomic mass is 10.0. The lowest BCUT2D eigenvalue weighted by molar-refractivity contribution is -0.158. The molecular formula is C22H23FO5. The summed E-state index contributed by atoms with van der Waals surface area (Å²) in [6, 6.07) is 5.53. The van der Waals surface area contributed by atoms with Crippen molar-refractivity contribution in [3.8, 4) is 17.6 Å². The SMILES string of the molecule is O=C1CCC[C@@H]([C@H](O)/C=C/C=C/C#C/C=C/[C@H](O)COc2ccc(F)cc2)O1. The molecule has 5 nitrogen and oxygen atoms in total. The molecule has 148 valence electrons. The van der Waals surface area contributed by atoms with Crippen molar-refractivity contribution in [1.29, 1.82) is 0 Å². The highest BCUT2D eigenvalue weighted by Gasteiger charge is 2.25. The van der Waals surface area contributed by atoms with E-state index in [1.54, 1.807) is 24.3 Å². The lowest BCUT2D eigenvalue weighted by Gasteiger charge is -2.24. The fraction of sp³-hybridized carbons (Fsp3) is 0.318. The van der Waals surface area contributed by atoms with Gasteiger partial charge in [-0.1, -0.05) is 30.1 Å². The fourth-order valence-corrected chi connectivity index (χ4v) is 2.40. The molecule has 1 aliphatic rings. The number of cyclic esters (lactones) is 1. The Morgan fingerprint density at radius 1 is 1.18 bits per heavy atom. The Balaban J connectivity index is 1.66. The van der Waals surface area contributed by atoms with Crippen LogP contribution in [0.25, 0.3) is 0 Å². The molecule has 1 fully saturated rings. The Morgan fingerprint density at radius 2 is 1.93 bits per heavy atom. The summed E-state index contributed by atoms with van der Waals surface area (Å²) in [6.45, 7) is 0.0337. The predicted octanol–water partition coefficient (Wildman–Crippen LogP) is 2.69. The minimum absolute atomic E-state index is 0.0337. The van der Waals surface area contributed by atoms with E-state index in [-0.39, 0.29) is 18.4 Å². The molecule has 1 heterocycles. The van der Waals surface area contributed by atoms with Crippen molar-refractivity contribution in [2.75, 3.05) is 6.61 Å². The average Bonchev–Trinajstić information content (AvgIpc) is 2.69. The lowest BCUT2D eigenvalue weighted by Crippen LogP contribution is -2.33. The normalized spacial score (nSPS) is 19.4. The first-order valence-electron chi connectivity index (χ1n) is 8.99. The third-order valence-electron chi connectivity index (χ3n) is 3.85. The second kappa shape index (κ2) is 11.8. The second-order valence-electron chi connectivity index (χ2n) is 6.14. The van der Waals surface area contributed by atoms with Crippen molar-refractivity contribution in [3.63, 3.8) is 0 Å². The summed E-state index contributed by atoms with van der Waals surface area (Å²) in [5.41, 5.74) is 0. The van der Waals surface area contributed by atoms with Gasteiger partial charge < -0.3 is 19.7 Å². The molecule has 1 saturated heterocycles. The molecule has 0 amide bonds. The molecule has 1 aromatic carbocycles. The third-order valence-corrected chi connectivity index (χ3v) is 3.85. The largest absolute Gasteiger partial charge is 0.491 e. The van der Waals surface area contributed by atoms with Crippen LogP contribution < -0.4 is 4.74 Å². The van der Waals surface area contributed by atoms with Crippen molar-refractivity contribution >= 4 is 5.97 Å². The maximum Gasteiger partial charge on any atom is 0.306 e. The zero-order chi connectivity index (χ0) is 20.2. The summed E-state index contributed by atoms with van der Waals surface area (Å²) in [6.07, 6.45) is 9.04. The van der Waals surface area contributed by atoms with E-state index in [4.69, 9.17) is 9.47 Å². The topological polar surface area (TPSA) is 76.0 Å². The molecule has 28 heavy (non-hydrogen) atoms. The van der Waals surface area contributed by atoms with E-state index in [0.29, 0.717) is 18.6 Å². The first kappa shape index (κ1) is 21.4. The van der Waals surface area contributed by atoms with Crippen LogP contribution in [0.1, 0.15) is 19.3 Å². The van der Waals surface area contributed by atoms with Gasteiger partial charge in [-0.05, 0) is 55.3 Å². The van der Waals surface area contributed by atoms with Crippen LogP contribution in [-0.4, -0.2) is 41.1 Å². The number of halogens is 1. The minimum atomic E-state index is -0.837. The Hall–Kier alpha value is -2.88. The van der Waals surface area contributed by atoms with Gasteiger partial charge in [0.05, 0.1) is 0 Å². The van der Waals surface area contributed by atoms with E-state index in [0.717, 1.165) is 6.42 Å². The Labute approximate surface area is 163 Å². The molecule has 0 radical (unpaired) electrons. The summed E-state index contributed by atoms with van der Waals surface area (Å²) in [4.78, 5) is 11.2. The molecular weight excluding hydrogens is 363 g/mol. The van der Waals surface area contributed by atoms with Gasteiger partial charge in [-0.2, -0.15) is 0 Å². The number of allylic oxidation sites excluding steroid dienone is 4. The smallest absolute Gasteiger partial charge is 0.306 e. The quantitative estimate of drug-likeness (QED) is 0.428. The molecule has 3 atom stereocenters. The molecule has 6 heteroatoms. The first-order valence-corrected chi connectivity index (χ1v) is 8.99. The minimum Gasteiger partial charge on any atom is -0.491 e. The highest BCUT2D eigenvalue weighted by molar-refractivity contribution is 5.70. The van der Waals surface area contributed by atoms with Gasteiger partial charge in [0.2, 0.25) is 0 Å². The number of aliphatic hydroxyl groups excluding tert-OH is 2. The van der Waals surface area contributed by atoms with E-state index in [1.807, 2.05) is 0 Å². The van der Waals surface area contributed by atoms with Crippen molar-refractivity contribution in [2.45, 2.75) is 37.6 Å². The number of benzene rings is 1.